The van der Waals surface area contributed by atoms with E-state index < -0.39 is 0 Å². The average Bonchev–Trinajstić information content (AvgIpc) is 2.67. The van der Waals surface area contributed by atoms with Crippen molar-refractivity contribution in [2.75, 3.05) is 56.8 Å². The largest absolute Gasteiger partial charge is 0.481 e. The van der Waals surface area contributed by atoms with Crippen LogP contribution in [-0.2, 0) is 4.79 Å². The first-order valence-electron chi connectivity index (χ1n) is 8.30. The lowest BCUT2D eigenvalue weighted by Gasteiger charge is -2.36. The Kier molecular flexibility index (Phi) is 5.65. The van der Waals surface area contributed by atoms with Crippen molar-refractivity contribution in [3.05, 3.63) is 6.07 Å². The molecule has 0 spiro atoms. The lowest BCUT2D eigenvalue weighted by atomic mass is 9.96. The normalized spacial score (nSPS) is 21.5. The molecule has 0 aromatic carbocycles. The first kappa shape index (κ1) is 17.1. The monoisotopic (exact) mass is 352 g/mol. The number of anilines is 1. The first-order chi connectivity index (χ1) is 11.7. The number of nitrogens with zero attached hydrogens (tertiary/aromatic N) is 4. The van der Waals surface area contributed by atoms with E-state index in [1.807, 2.05) is 16.7 Å². The molecule has 1 unspecified atom stereocenters. The van der Waals surface area contributed by atoms with Crippen molar-refractivity contribution >= 4 is 23.6 Å². The number of amides is 1. The van der Waals surface area contributed by atoms with Gasteiger partial charge in [-0.3, -0.25) is 4.79 Å². The van der Waals surface area contributed by atoms with Crippen LogP contribution in [0.5, 0.6) is 11.8 Å². The molecule has 3 heterocycles. The van der Waals surface area contributed by atoms with Crippen molar-refractivity contribution in [3.8, 4) is 11.8 Å². The first-order valence-corrected chi connectivity index (χ1v) is 9.45. The summed E-state index contributed by atoms with van der Waals surface area (Å²) in [7, 11) is 3.14. The van der Waals surface area contributed by atoms with Gasteiger partial charge in [0.1, 0.15) is 0 Å². The molecule has 2 aliphatic heterocycles. The molecule has 2 saturated heterocycles. The third-order valence-electron chi connectivity index (χ3n) is 4.46. The lowest BCUT2D eigenvalue weighted by molar-refractivity contribution is -0.135. The molecule has 7 nitrogen and oxygen atoms in total. The highest BCUT2D eigenvalue weighted by Crippen LogP contribution is 2.26. The Labute approximate surface area is 146 Å². The van der Waals surface area contributed by atoms with Gasteiger partial charge in [0.05, 0.1) is 26.2 Å². The predicted octanol–water partition coefficient (Wildman–Crippen LogP) is 1.29. The summed E-state index contributed by atoms with van der Waals surface area (Å²) in [5.41, 5.74) is 0. The van der Waals surface area contributed by atoms with Gasteiger partial charge in [0, 0.05) is 37.7 Å². The van der Waals surface area contributed by atoms with Gasteiger partial charge in [-0.25, -0.2) is 0 Å². The van der Waals surface area contributed by atoms with Crippen LogP contribution < -0.4 is 14.4 Å². The summed E-state index contributed by atoms with van der Waals surface area (Å²) in [6.07, 6.45) is 1.89. The molecule has 1 amide bonds. The minimum atomic E-state index is 0.0163. The van der Waals surface area contributed by atoms with Crippen molar-refractivity contribution in [3.63, 3.8) is 0 Å². The van der Waals surface area contributed by atoms with E-state index in [9.17, 15) is 4.79 Å². The molecule has 0 aliphatic carbocycles. The van der Waals surface area contributed by atoms with E-state index in [-0.39, 0.29) is 11.8 Å². The van der Waals surface area contributed by atoms with Crippen LogP contribution >= 0.6 is 11.8 Å². The van der Waals surface area contributed by atoms with Crippen LogP contribution in [0.2, 0.25) is 0 Å². The molecule has 3 rings (SSSR count). The summed E-state index contributed by atoms with van der Waals surface area (Å²) in [6.45, 7) is 3.22. The second kappa shape index (κ2) is 7.92. The van der Waals surface area contributed by atoms with Crippen molar-refractivity contribution in [2.45, 2.75) is 12.8 Å². The van der Waals surface area contributed by atoms with Crippen LogP contribution in [0.3, 0.4) is 0 Å². The molecule has 1 atom stereocenters. The number of thioether (sulfide) groups is 1. The fourth-order valence-electron chi connectivity index (χ4n) is 3.15. The maximum atomic E-state index is 12.8. The third-order valence-corrected chi connectivity index (χ3v) is 5.40. The number of rotatable bonds is 4. The molecular weight excluding hydrogens is 328 g/mol. The zero-order valence-corrected chi connectivity index (χ0v) is 15.0. The lowest BCUT2D eigenvalue weighted by Crippen LogP contribution is -2.47. The molecule has 0 N–H and O–H groups in total. The van der Waals surface area contributed by atoms with E-state index in [0.717, 1.165) is 44.0 Å². The van der Waals surface area contributed by atoms with Gasteiger partial charge in [-0.05, 0) is 12.8 Å². The zero-order valence-electron chi connectivity index (χ0n) is 14.2. The van der Waals surface area contributed by atoms with Gasteiger partial charge < -0.3 is 19.3 Å². The molecule has 1 aromatic rings. The van der Waals surface area contributed by atoms with Gasteiger partial charge in [0.2, 0.25) is 23.6 Å². The summed E-state index contributed by atoms with van der Waals surface area (Å²) in [4.78, 5) is 25.7. The number of piperidine rings is 1. The quantitative estimate of drug-likeness (QED) is 0.809. The van der Waals surface area contributed by atoms with Gasteiger partial charge in [0.25, 0.3) is 0 Å². The van der Waals surface area contributed by atoms with E-state index in [1.54, 1.807) is 20.3 Å². The molecular formula is C16H24N4O3S. The summed E-state index contributed by atoms with van der Waals surface area (Å²) in [5, 5.41) is 0. The van der Waals surface area contributed by atoms with Crippen LogP contribution in [0.15, 0.2) is 6.07 Å². The molecule has 24 heavy (non-hydrogen) atoms. The van der Waals surface area contributed by atoms with Gasteiger partial charge >= 0.3 is 0 Å². The Morgan fingerprint density at radius 2 is 1.83 bits per heavy atom. The number of aromatic nitrogens is 2. The van der Waals surface area contributed by atoms with Gasteiger partial charge in [-0.1, -0.05) is 0 Å². The highest BCUT2D eigenvalue weighted by Gasteiger charge is 2.31. The smallest absolute Gasteiger partial charge is 0.231 e. The van der Waals surface area contributed by atoms with Crippen LogP contribution in [0.1, 0.15) is 12.8 Å². The Morgan fingerprint density at radius 3 is 2.46 bits per heavy atom. The summed E-state index contributed by atoms with van der Waals surface area (Å²) >= 11 is 1.92. The van der Waals surface area contributed by atoms with Crippen LogP contribution in [0.25, 0.3) is 0 Å². The van der Waals surface area contributed by atoms with E-state index in [1.165, 1.54) is 0 Å². The fraction of sp³-hybridized carbons (Fsp3) is 0.688. The Morgan fingerprint density at radius 1 is 1.17 bits per heavy atom. The molecule has 132 valence electrons. The number of hydrogen-bond acceptors (Lipinski definition) is 7. The van der Waals surface area contributed by atoms with Crippen LogP contribution in [0.4, 0.5) is 5.95 Å². The highest BCUT2D eigenvalue weighted by atomic mass is 32.2. The van der Waals surface area contributed by atoms with Gasteiger partial charge in [-0.15, -0.1) is 0 Å². The summed E-state index contributed by atoms with van der Waals surface area (Å²) < 4.78 is 10.4. The SMILES string of the molecule is COc1cc(OC)nc(N2CCCC(C(=O)N3CCSCC3)C2)n1. The Bertz CT molecular complexity index is 558. The zero-order chi connectivity index (χ0) is 16.9. The average molecular weight is 352 g/mol. The fourth-order valence-corrected chi connectivity index (χ4v) is 4.05. The third kappa shape index (κ3) is 3.85. The van der Waals surface area contributed by atoms with E-state index in [0.29, 0.717) is 24.3 Å². The number of ether oxygens (including phenoxy) is 2. The number of carbonyl (C=O) groups is 1. The molecule has 1 aromatic heterocycles. The van der Waals surface area contributed by atoms with Crippen molar-refractivity contribution < 1.29 is 14.3 Å². The maximum absolute atomic E-state index is 12.8. The number of carbonyl (C=O) groups excluding carboxylic acids is 1. The van der Waals surface area contributed by atoms with Crippen LogP contribution in [-0.4, -0.2) is 72.7 Å². The molecule has 2 aliphatic rings. The van der Waals surface area contributed by atoms with Gasteiger partial charge in [0.15, 0.2) is 0 Å². The summed E-state index contributed by atoms with van der Waals surface area (Å²) in [5.74, 6) is 3.88. The molecule has 8 heteroatoms. The predicted molar refractivity (Wildman–Crippen MR) is 94.0 cm³/mol. The highest BCUT2D eigenvalue weighted by molar-refractivity contribution is 7.99. The molecule has 0 bridgehead atoms. The molecule has 2 fully saturated rings. The van der Waals surface area contributed by atoms with Crippen molar-refractivity contribution in [1.82, 2.24) is 14.9 Å². The second-order valence-electron chi connectivity index (χ2n) is 5.98. The van der Waals surface area contributed by atoms with Gasteiger partial charge in [-0.2, -0.15) is 21.7 Å². The molecule has 0 radical (unpaired) electrons. The minimum Gasteiger partial charge on any atom is -0.481 e. The standard InChI is InChI=1S/C16H24N4O3S/c1-22-13-10-14(23-2)18-16(17-13)20-5-3-4-12(11-20)15(21)19-6-8-24-9-7-19/h10,12H,3-9,11H2,1-2H3. The molecule has 0 saturated carbocycles. The van der Waals surface area contributed by atoms with E-state index in [2.05, 4.69) is 14.9 Å². The Hall–Kier alpha value is -1.70. The van der Waals surface area contributed by atoms with Crippen molar-refractivity contribution in [1.29, 1.82) is 0 Å². The van der Waals surface area contributed by atoms with E-state index in [4.69, 9.17) is 9.47 Å². The maximum Gasteiger partial charge on any atom is 0.231 e. The second-order valence-corrected chi connectivity index (χ2v) is 7.20. The van der Waals surface area contributed by atoms with Crippen molar-refractivity contribution in [2.24, 2.45) is 5.92 Å². The number of methoxy groups -OCH3 is 2. The Balaban J connectivity index is 1.72. The number of hydrogen-bond donors (Lipinski definition) is 0. The van der Waals surface area contributed by atoms with Crippen LogP contribution in [0, 0.1) is 5.92 Å². The minimum absolute atomic E-state index is 0.0163. The van der Waals surface area contributed by atoms with E-state index >= 15 is 0 Å². The topological polar surface area (TPSA) is 67.8 Å². The summed E-state index contributed by atoms with van der Waals surface area (Å²) in [6, 6.07) is 1.65.